The Kier molecular flexibility index (Phi) is 5.33. The van der Waals surface area contributed by atoms with Gasteiger partial charge in [-0.3, -0.25) is 9.52 Å². The zero-order valence-electron chi connectivity index (χ0n) is 14.3. The number of aromatic nitrogens is 1. The van der Waals surface area contributed by atoms with Crippen molar-refractivity contribution in [2.45, 2.75) is 32.9 Å². The van der Waals surface area contributed by atoms with Crippen LogP contribution in [0.15, 0.2) is 42.6 Å². The van der Waals surface area contributed by atoms with E-state index in [9.17, 15) is 13.2 Å². The molecule has 0 bridgehead atoms. The summed E-state index contributed by atoms with van der Waals surface area (Å²) in [5.74, 6) is -0.199. The van der Waals surface area contributed by atoms with Gasteiger partial charge in [0, 0.05) is 12.2 Å². The number of nitrogens with one attached hydrogen (secondary N) is 2. The quantitative estimate of drug-likeness (QED) is 0.841. The van der Waals surface area contributed by atoms with E-state index in [2.05, 4.69) is 10.0 Å². The van der Waals surface area contributed by atoms with Gasteiger partial charge in [-0.2, -0.15) is 0 Å². The summed E-state index contributed by atoms with van der Waals surface area (Å²) in [5.41, 5.74) is 1.75. The van der Waals surface area contributed by atoms with Gasteiger partial charge >= 0.3 is 0 Å². The molecular weight excluding hydrogens is 326 g/mol. The van der Waals surface area contributed by atoms with Crippen LogP contribution < -0.4 is 10.0 Å². The number of amides is 1. The smallest absolute Gasteiger partial charge is 0.268 e. The molecule has 0 aliphatic carbocycles. The third-order valence-electron chi connectivity index (χ3n) is 3.64. The minimum Gasteiger partial charge on any atom is -0.344 e. The lowest BCUT2D eigenvalue weighted by molar-refractivity contribution is 0.0929. The average molecular weight is 349 g/mol. The second kappa shape index (κ2) is 7.09. The lowest BCUT2D eigenvalue weighted by Gasteiger charge is -2.19. The van der Waals surface area contributed by atoms with Gasteiger partial charge in [-0.05, 0) is 44.5 Å². The summed E-state index contributed by atoms with van der Waals surface area (Å²) in [7, 11) is -3.39. The molecule has 0 unspecified atom stereocenters. The molecule has 0 spiro atoms. The molecule has 6 nitrogen and oxygen atoms in total. The van der Waals surface area contributed by atoms with Crippen LogP contribution in [0.3, 0.4) is 0 Å². The Labute approximate surface area is 142 Å². The lowest BCUT2D eigenvalue weighted by Crippen LogP contribution is -2.29. The Hall–Kier alpha value is -2.28. The second-order valence-electron chi connectivity index (χ2n) is 6.05. The topological polar surface area (TPSA) is 80.2 Å². The third-order valence-corrected chi connectivity index (χ3v) is 4.23. The SMILES string of the molecule is CC(C)n1cccc1C(=O)N[C@@H](C)c1ccccc1NS(C)(=O)=O. The molecular formula is C17H23N3O3S. The molecule has 2 N–H and O–H groups in total. The van der Waals surface area contributed by atoms with Crippen LogP contribution in [0.4, 0.5) is 5.69 Å². The molecule has 130 valence electrons. The van der Waals surface area contributed by atoms with E-state index in [-0.39, 0.29) is 18.0 Å². The predicted octanol–water partition coefficient (Wildman–Crippen LogP) is 2.93. The van der Waals surface area contributed by atoms with Crippen LogP contribution in [-0.2, 0) is 10.0 Å². The minimum atomic E-state index is -3.39. The molecule has 1 atom stereocenters. The summed E-state index contributed by atoms with van der Waals surface area (Å²) < 4.78 is 27.4. The Morgan fingerprint density at radius 3 is 2.38 bits per heavy atom. The summed E-state index contributed by atoms with van der Waals surface area (Å²) in [4.78, 5) is 12.5. The molecule has 2 rings (SSSR count). The van der Waals surface area contributed by atoms with Gasteiger partial charge in [0.1, 0.15) is 5.69 Å². The molecule has 0 aliphatic rings. The number of carbonyl (C=O) groups is 1. The van der Waals surface area contributed by atoms with E-state index >= 15 is 0 Å². The molecule has 0 saturated heterocycles. The summed E-state index contributed by atoms with van der Waals surface area (Å²) in [6.45, 7) is 5.83. The van der Waals surface area contributed by atoms with Crippen molar-refractivity contribution in [1.29, 1.82) is 0 Å². The number of benzene rings is 1. The number of anilines is 1. The first-order chi connectivity index (χ1) is 11.2. The van der Waals surface area contributed by atoms with Crippen LogP contribution in [0.2, 0.25) is 0 Å². The van der Waals surface area contributed by atoms with E-state index in [4.69, 9.17) is 0 Å². The van der Waals surface area contributed by atoms with Crippen molar-refractivity contribution < 1.29 is 13.2 Å². The fourth-order valence-electron chi connectivity index (χ4n) is 2.55. The third kappa shape index (κ3) is 4.38. The van der Waals surface area contributed by atoms with Gasteiger partial charge in [0.05, 0.1) is 18.0 Å². The van der Waals surface area contributed by atoms with E-state index in [1.54, 1.807) is 24.3 Å². The van der Waals surface area contributed by atoms with Crippen molar-refractivity contribution in [1.82, 2.24) is 9.88 Å². The molecule has 24 heavy (non-hydrogen) atoms. The minimum absolute atomic E-state index is 0.176. The lowest BCUT2D eigenvalue weighted by atomic mass is 10.1. The fourth-order valence-corrected chi connectivity index (χ4v) is 3.14. The number of rotatable bonds is 6. The van der Waals surface area contributed by atoms with E-state index in [1.807, 2.05) is 43.7 Å². The van der Waals surface area contributed by atoms with Crippen molar-refractivity contribution in [2.24, 2.45) is 0 Å². The van der Waals surface area contributed by atoms with Crippen LogP contribution in [0.1, 0.15) is 48.9 Å². The highest BCUT2D eigenvalue weighted by Gasteiger charge is 2.18. The van der Waals surface area contributed by atoms with Gasteiger partial charge in [0.2, 0.25) is 10.0 Å². The highest BCUT2D eigenvalue weighted by Crippen LogP contribution is 2.24. The van der Waals surface area contributed by atoms with E-state index in [0.717, 1.165) is 6.26 Å². The molecule has 1 aromatic heterocycles. The largest absolute Gasteiger partial charge is 0.344 e. The molecule has 0 aliphatic heterocycles. The molecule has 1 amide bonds. The Balaban J connectivity index is 2.22. The zero-order valence-corrected chi connectivity index (χ0v) is 15.1. The summed E-state index contributed by atoms with van der Waals surface area (Å²) in [6, 6.07) is 10.4. The Bertz CT molecular complexity index is 825. The first-order valence-corrected chi connectivity index (χ1v) is 9.62. The second-order valence-corrected chi connectivity index (χ2v) is 7.80. The normalized spacial score (nSPS) is 12.9. The monoisotopic (exact) mass is 349 g/mol. The van der Waals surface area contributed by atoms with Crippen LogP contribution >= 0.6 is 0 Å². The van der Waals surface area contributed by atoms with E-state index in [0.29, 0.717) is 16.9 Å². The number of hydrogen-bond donors (Lipinski definition) is 2. The maximum absolute atomic E-state index is 12.5. The first-order valence-electron chi connectivity index (χ1n) is 7.73. The average Bonchev–Trinajstić information content (AvgIpc) is 2.95. The van der Waals surface area contributed by atoms with Crippen molar-refractivity contribution in [3.05, 3.63) is 53.9 Å². The molecule has 0 fully saturated rings. The predicted molar refractivity (Wildman–Crippen MR) is 95.6 cm³/mol. The molecule has 0 saturated carbocycles. The van der Waals surface area contributed by atoms with Crippen molar-refractivity contribution in [3.8, 4) is 0 Å². The van der Waals surface area contributed by atoms with E-state index in [1.165, 1.54) is 0 Å². The number of para-hydroxylation sites is 1. The highest BCUT2D eigenvalue weighted by molar-refractivity contribution is 7.92. The first kappa shape index (κ1) is 18.1. The fraction of sp³-hybridized carbons (Fsp3) is 0.353. The standard InChI is InChI=1S/C17H23N3O3S/c1-12(2)20-11-7-10-16(20)17(21)18-13(3)14-8-5-6-9-15(14)19-24(4,22)23/h5-13,19H,1-4H3,(H,18,21)/t13-/m0/s1. The van der Waals surface area contributed by atoms with Gasteiger partial charge in [-0.1, -0.05) is 18.2 Å². The maximum atomic E-state index is 12.5. The van der Waals surface area contributed by atoms with Gasteiger partial charge in [0.15, 0.2) is 0 Å². The number of nitrogens with zero attached hydrogens (tertiary/aromatic N) is 1. The van der Waals surface area contributed by atoms with Crippen molar-refractivity contribution >= 4 is 21.6 Å². The zero-order chi connectivity index (χ0) is 17.9. The van der Waals surface area contributed by atoms with Gasteiger partial charge in [-0.25, -0.2) is 8.42 Å². The maximum Gasteiger partial charge on any atom is 0.268 e. The number of carbonyl (C=O) groups excluding carboxylic acids is 1. The van der Waals surface area contributed by atoms with Gasteiger partial charge in [-0.15, -0.1) is 0 Å². The van der Waals surface area contributed by atoms with Crippen LogP contribution in [0.25, 0.3) is 0 Å². The molecule has 7 heteroatoms. The molecule has 1 heterocycles. The Morgan fingerprint density at radius 2 is 1.75 bits per heavy atom. The van der Waals surface area contributed by atoms with E-state index < -0.39 is 10.0 Å². The van der Waals surface area contributed by atoms with Gasteiger partial charge < -0.3 is 9.88 Å². The van der Waals surface area contributed by atoms with Gasteiger partial charge in [0.25, 0.3) is 5.91 Å². The summed E-state index contributed by atoms with van der Waals surface area (Å²) in [5, 5.41) is 2.93. The highest BCUT2D eigenvalue weighted by atomic mass is 32.2. The van der Waals surface area contributed by atoms with Crippen molar-refractivity contribution in [3.63, 3.8) is 0 Å². The molecule has 1 aromatic carbocycles. The van der Waals surface area contributed by atoms with Crippen molar-refractivity contribution in [2.75, 3.05) is 11.0 Å². The number of sulfonamides is 1. The van der Waals surface area contributed by atoms with Crippen LogP contribution in [-0.4, -0.2) is 25.1 Å². The molecule has 0 radical (unpaired) electrons. The Morgan fingerprint density at radius 1 is 1.08 bits per heavy atom. The number of hydrogen-bond acceptors (Lipinski definition) is 3. The summed E-state index contributed by atoms with van der Waals surface area (Å²) in [6.07, 6.45) is 2.96. The molecule has 2 aromatic rings. The van der Waals surface area contributed by atoms with Crippen LogP contribution in [0, 0.1) is 0 Å². The van der Waals surface area contributed by atoms with Crippen LogP contribution in [0.5, 0.6) is 0 Å². The summed E-state index contributed by atoms with van der Waals surface area (Å²) >= 11 is 0.